The third-order valence-corrected chi connectivity index (χ3v) is 7.47. The first kappa shape index (κ1) is 31.5. The molecule has 0 saturated carbocycles. The average molecular weight is 642 g/mol. The van der Waals surface area contributed by atoms with Crippen LogP contribution in [0.25, 0.3) is 5.69 Å². The van der Waals surface area contributed by atoms with E-state index in [4.69, 9.17) is 0 Å². The minimum atomic E-state index is -4.79. The first-order valence-corrected chi connectivity index (χ1v) is 14.6. The Kier molecular flexibility index (Phi) is 9.09. The number of hydrogen-bond donors (Lipinski definition) is 2. The van der Waals surface area contributed by atoms with Gasteiger partial charge in [0.15, 0.2) is 11.0 Å². The Bertz CT molecular complexity index is 1760. The summed E-state index contributed by atoms with van der Waals surface area (Å²) >= 11 is 1.13. The van der Waals surface area contributed by atoms with E-state index in [1.807, 2.05) is 39.0 Å². The van der Waals surface area contributed by atoms with Gasteiger partial charge in [-0.05, 0) is 72.5 Å². The van der Waals surface area contributed by atoms with Crippen LogP contribution in [0.4, 0.5) is 39.4 Å². The van der Waals surface area contributed by atoms with Gasteiger partial charge in [-0.1, -0.05) is 37.7 Å². The molecule has 3 amide bonds. The molecule has 45 heavy (non-hydrogen) atoms. The summed E-state index contributed by atoms with van der Waals surface area (Å²) in [6.45, 7) is 6.05. The molecule has 1 aliphatic heterocycles. The fourth-order valence-electron chi connectivity index (χ4n) is 4.46. The molecule has 0 radical (unpaired) electrons. The summed E-state index contributed by atoms with van der Waals surface area (Å²) in [5.74, 6) is -0.692. The van der Waals surface area contributed by atoms with Gasteiger partial charge in [0.05, 0.1) is 29.4 Å². The van der Waals surface area contributed by atoms with E-state index in [9.17, 15) is 27.2 Å². The van der Waals surface area contributed by atoms with Crippen molar-refractivity contribution < 1.29 is 31.9 Å². The molecular formula is C30H27F4N7O3S. The number of amidine groups is 1. The van der Waals surface area contributed by atoms with Gasteiger partial charge in [0.25, 0.3) is 0 Å². The largest absolute Gasteiger partial charge is 0.573 e. The maximum atomic E-state index is 14.9. The lowest BCUT2D eigenvalue weighted by molar-refractivity contribution is -0.274. The number of urea groups is 1. The molecular weight excluding hydrogens is 614 g/mol. The predicted octanol–water partition coefficient (Wildman–Crippen LogP) is 7.02. The highest BCUT2D eigenvalue weighted by atomic mass is 32.2. The molecule has 0 bridgehead atoms. The number of carbonyl (C=O) groups is 2. The van der Waals surface area contributed by atoms with Gasteiger partial charge in [0.2, 0.25) is 5.91 Å². The number of benzene rings is 3. The van der Waals surface area contributed by atoms with Crippen LogP contribution in [0.5, 0.6) is 5.75 Å². The van der Waals surface area contributed by atoms with Crippen molar-refractivity contribution in [3.05, 3.63) is 89.8 Å². The molecule has 1 aliphatic rings. The van der Waals surface area contributed by atoms with Crippen molar-refractivity contribution in [1.29, 1.82) is 0 Å². The van der Waals surface area contributed by atoms with E-state index in [2.05, 4.69) is 30.4 Å². The fraction of sp³-hybridized carbons (Fsp3) is 0.233. The van der Waals surface area contributed by atoms with Crippen molar-refractivity contribution in [2.75, 3.05) is 21.3 Å². The number of aliphatic imine (C=N–C) groups is 1. The Morgan fingerprint density at radius 3 is 2.56 bits per heavy atom. The Morgan fingerprint density at radius 1 is 1.11 bits per heavy atom. The number of carbonyl (C=O) groups excluding carboxylic acids is 2. The first-order valence-electron chi connectivity index (χ1n) is 13.6. The second-order valence-corrected chi connectivity index (χ2v) is 11.2. The number of anilines is 3. The van der Waals surface area contributed by atoms with Crippen LogP contribution in [0.15, 0.2) is 72.0 Å². The lowest BCUT2D eigenvalue weighted by Crippen LogP contribution is -2.31. The number of halogens is 4. The highest BCUT2D eigenvalue weighted by Gasteiger charge is 2.33. The molecule has 15 heteroatoms. The van der Waals surface area contributed by atoms with E-state index in [1.165, 1.54) is 40.2 Å². The number of aryl methyl sites for hydroxylation is 1. The van der Waals surface area contributed by atoms with Crippen molar-refractivity contribution >= 4 is 45.9 Å². The zero-order chi connectivity index (χ0) is 32.3. The lowest BCUT2D eigenvalue weighted by atomic mass is 9.99. The highest BCUT2D eigenvalue weighted by Crippen LogP contribution is 2.34. The predicted molar refractivity (Wildman–Crippen MR) is 163 cm³/mol. The molecule has 1 fully saturated rings. The second-order valence-electron chi connectivity index (χ2n) is 10.3. The van der Waals surface area contributed by atoms with Gasteiger partial charge >= 0.3 is 12.4 Å². The lowest BCUT2D eigenvalue weighted by Gasteiger charge is -2.22. The van der Waals surface area contributed by atoms with Crippen LogP contribution < -0.4 is 20.3 Å². The number of alkyl halides is 3. The summed E-state index contributed by atoms with van der Waals surface area (Å²) in [4.78, 5) is 35.2. The minimum Gasteiger partial charge on any atom is -0.406 e. The number of nitrogens with zero attached hydrogens (tertiary/aromatic N) is 5. The van der Waals surface area contributed by atoms with Gasteiger partial charge in [-0.25, -0.2) is 18.9 Å². The molecule has 0 unspecified atom stereocenters. The average Bonchev–Trinajstić information content (AvgIpc) is 3.59. The number of amides is 3. The number of nitrogens with one attached hydrogen (secondary N) is 2. The Balaban J connectivity index is 1.21. The topological polar surface area (TPSA) is 114 Å². The summed E-state index contributed by atoms with van der Waals surface area (Å²) < 4.78 is 57.3. The zero-order valence-corrected chi connectivity index (χ0v) is 25.0. The Labute approximate surface area is 259 Å². The molecule has 1 aromatic heterocycles. The number of thioether (sulfide) groups is 1. The van der Waals surface area contributed by atoms with E-state index in [0.29, 0.717) is 22.9 Å². The second kappa shape index (κ2) is 13.0. The number of rotatable bonds is 8. The third-order valence-electron chi connectivity index (χ3n) is 6.55. The maximum absolute atomic E-state index is 14.9. The minimum absolute atomic E-state index is 0.102. The summed E-state index contributed by atoms with van der Waals surface area (Å²) in [5, 5.41) is 9.88. The molecule has 0 spiro atoms. The smallest absolute Gasteiger partial charge is 0.406 e. The molecule has 3 aromatic carbocycles. The number of ether oxygens (including phenoxy) is 1. The van der Waals surface area contributed by atoms with E-state index in [-0.39, 0.29) is 40.7 Å². The molecule has 234 valence electrons. The zero-order valence-electron chi connectivity index (χ0n) is 24.2. The van der Waals surface area contributed by atoms with Crippen LogP contribution in [-0.4, -0.2) is 44.0 Å². The molecule has 0 atom stereocenters. The summed E-state index contributed by atoms with van der Waals surface area (Å²) in [7, 11) is 0. The normalized spacial score (nSPS) is 14.4. The standard InChI is InChI=1S/C30H27F4N7O3S/c1-17(2)22-10-4-18(3)12-25(22)41-27(42)15-45-29(41)38-28(43)37-24-11-5-19(13-23(24)31)35-14-26-36-16-40(39-26)20-6-8-21(9-7-20)44-30(32,33)34/h4-13,16-17,35H,14-15H2,1-3H3,(H,37,43). The summed E-state index contributed by atoms with van der Waals surface area (Å²) in [6.07, 6.45) is -3.40. The van der Waals surface area contributed by atoms with Gasteiger partial charge in [0.1, 0.15) is 17.9 Å². The van der Waals surface area contributed by atoms with E-state index < -0.39 is 18.2 Å². The van der Waals surface area contributed by atoms with Gasteiger partial charge in [-0.3, -0.25) is 9.69 Å². The van der Waals surface area contributed by atoms with Crippen LogP contribution in [-0.2, 0) is 11.3 Å². The molecule has 2 heterocycles. The van der Waals surface area contributed by atoms with Crippen LogP contribution >= 0.6 is 11.8 Å². The third kappa shape index (κ3) is 7.78. The molecule has 4 aromatic rings. The fourth-order valence-corrected chi connectivity index (χ4v) is 5.32. The van der Waals surface area contributed by atoms with Crippen molar-refractivity contribution in [2.45, 2.75) is 39.6 Å². The highest BCUT2D eigenvalue weighted by molar-refractivity contribution is 8.15. The molecule has 0 aliphatic carbocycles. The van der Waals surface area contributed by atoms with Gasteiger partial charge in [-0.15, -0.1) is 18.3 Å². The number of hydrogen-bond acceptors (Lipinski definition) is 7. The molecule has 5 rings (SSSR count). The van der Waals surface area contributed by atoms with Crippen LogP contribution in [0.1, 0.15) is 36.7 Å². The molecule has 10 nitrogen and oxygen atoms in total. The van der Waals surface area contributed by atoms with Crippen LogP contribution in [0.2, 0.25) is 0 Å². The molecule has 1 saturated heterocycles. The molecule has 2 N–H and O–H groups in total. The van der Waals surface area contributed by atoms with Crippen molar-refractivity contribution in [2.24, 2.45) is 4.99 Å². The monoisotopic (exact) mass is 641 g/mol. The quantitative estimate of drug-likeness (QED) is 0.199. The van der Waals surface area contributed by atoms with Crippen molar-refractivity contribution in [3.63, 3.8) is 0 Å². The van der Waals surface area contributed by atoms with E-state index >= 15 is 0 Å². The maximum Gasteiger partial charge on any atom is 0.573 e. The van der Waals surface area contributed by atoms with Crippen molar-refractivity contribution in [1.82, 2.24) is 14.8 Å². The van der Waals surface area contributed by atoms with Crippen molar-refractivity contribution in [3.8, 4) is 11.4 Å². The summed E-state index contributed by atoms with van der Waals surface area (Å²) in [6, 6.07) is 14.2. The Hall–Kier alpha value is -4.92. The van der Waals surface area contributed by atoms with E-state index in [0.717, 1.165) is 35.0 Å². The van der Waals surface area contributed by atoms with Crippen LogP contribution in [0.3, 0.4) is 0 Å². The number of aromatic nitrogens is 3. The van der Waals surface area contributed by atoms with Gasteiger partial charge < -0.3 is 15.4 Å². The van der Waals surface area contributed by atoms with Gasteiger partial charge in [0, 0.05) is 5.69 Å². The van der Waals surface area contributed by atoms with Crippen LogP contribution in [0, 0.1) is 12.7 Å². The SMILES string of the molecule is Cc1ccc(C(C)C)c(N2C(=O)CSC2=NC(=O)Nc2ccc(NCc3ncn(-c4ccc(OC(F)(F)F)cc4)n3)cc2F)c1. The first-order chi connectivity index (χ1) is 21.4. The van der Waals surface area contributed by atoms with Gasteiger partial charge in [-0.2, -0.15) is 4.99 Å². The Morgan fingerprint density at radius 2 is 1.87 bits per heavy atom. The van der Waals surface area contributed by atoms with E-state index in [1.54, 1.807) is 6.07 Å². The summed E-state index contributed by atoms with van der Waals surface area (Å²) in [5.41, 5.74) is 3.30.